The molecule has 0 bridgehead atoms. The molecule has 278 valence electrons. The molecule has 0 aliphatic carbocycles. The van der Waals surface area contributed by atoms with E-state index in [1.54, 1.807) is 55.1 Å². The summed E-state index contributed by atoms with van der Waals surface area (Å²) in [5.41, 5.74) is 3.09. The molecule has 0 spiro atoms. The second-order valence-electron chi connectivity index (χ2n) is 12.0. The number of amides is 2. The lowest BCUT2D eigenvalue weighted by atomic mass is 10.2. The first kappa shape index (κ1) is 38.9. The van der Waals surface area contributed by atoms with Gasteiger partial charge < -0.3 is 44.4 Å². The number of alkyl halides is 4. The topological polar surface area (TPSA) is 101 Å². The Kier molecular flexibility index (Phi) is 14.8. The summed E-state index contributed by atoms with van der Waals surface area (Å²) < 4.78 is 56.5. The van der Waals surface area contributed by atoms with Gasteiger partial charge in [0.25, 0.3) is 0 Å². The number of piperazine rings is 3. The molecule has 3 aliphatic heterocycles. The zero-order valence-corrected chi connectivity index (χ0v) is 28.9. The number of hydrogen-bond acceptors (Lipinski definition) is 9. The number of ether oxygens (including phenoxy) is 2. The van der Waals surface area contributed by atoms with Crippen molar-refractivity contribution in [3.8, 4) is 17.2 Å². The van der Waals surface area contributed by atoms with Crippen LogP contribution in [-0.4, -0.2) is 118 Å². The van der Waals surface area contributed by atoms with E-state index in [4.69, 9.17) is 0 Å². The van der Waals surface area contributed by atoms with E-state index in [0.717, 1.165) is 82.5 Å². The number of carbonyl (C=O) groups excluding carboxylic acids is 2. The van der Waals surface area contributed by atoms with Crippen LogP contribution in [0.4, 0.5) is 34.6 Å². The van der Waals surface area contributed by atoms with Gasteiger partial charge in [0, 0.05) is 109 Å². The molecule has 3 aromatic carbocycles. The van der Waals surface area contributed by atoms with E-state index in [1.807, 2.05) is 29.2 Å². The van der Waals surface area contributed by atoms with Gasteiger partial charge in [0.15, 0.2) is 0 Å². The molecule has 2 N–H and O–H groups in total. The first-order valence-electron chi connectivity index (χ1n) is 16.8. The summed E-state index contributed by atoms with van der Waals surface area (Å²) in [6.45, 7) is 7.51. The van der Waals surface area contributed by atoms with Crippen LogP contribution in [0.3, 0.4) is 0 Å². The third-order valence-electron chi connectivity index (χ3n) is 8.64. The first-order valence-corrected chi connectivity index (χ1v) is 16.8. The van der Waals surface area contributed by atoms with Crippen molar-refractivity contribution in [2.24, 2.45) is 0 Å². The second kappa shape index (κ2) is 19.5. The van der Waals surface area contributed by atoms with Crippen LogP contribution in [-0.2, 0) is 9.59 Å². The van der Waals surface area contributed by atoms with Gasteiger partial charge in [-0.2, -0.15) is 17.6 Å². The molecule has 0 saturated carbocycles. The normalized spacial score (nSPS) is 16.2. The van der Waals surface area contributed by atoms with Crippen LogP contribution < -0.4 is 29.5 Å². The average Bonchev–Trinajstić information content (AvgIpc) is 3.13. The molecule has 15 heteroatoms. The van der Waals surface area contributed by atoms with Crippen LogP contribution in [0.2, 0.25) is 0 Å². The van der Waals surface area contributed by atoms with E-state index in [-0.39, 0.29) is 29.1 Å². The maximum absolute atomic E-state index is 12.0. The molecular formula is C36H46F4N6O5. The molecule has 3 fully saturated rings. The van der Waals surface area contributed by atoms with Gasteiger partial charge in [0.1, 0.15) is 17.2 Å². The van der Waals surface area contributed by atoms with Gasteiger partial charge in [0.2, 0.25) is 11.8 Å². The third-order valence-corrected chi connectivity index (χ3v) is 8.64. The number of anilines is 3. The maximum atomic E-state index is 12.0. The number of nitrogens with zero attached hydrogens (tertiary/aromatic N) is 5. The summed E-state index contributed by atoms with van der Waals surface area (Å²) >= 11 is 0. The molecule has 6 rings (SSSR count). The molecule has 2 amide bonds. The number of carbonyl (C=O) groups is 2. The second-order valence-corrected chi connectivity index (χ2v) is 12.0. The Morgan fingerprint density at radius 3 is 1.18 bits per heavy atom. The Hall–Kier alpha value is -4.92. The molecule has 0 unspecified atom stereocenters. The monoisotopic (exact) mass is 718 g/mol. The summed E-state index contributed by atoms with van der Waals surface area (Å²) in [4.78, 5) is 32.6. The predicted molar refractivity (Wildman–Crippen MR) is 188 cm³/mol. The van der Waals surface area contributed by atoms with E-state index in [0.29, 0.717) is 13.1 Å². The highest BCUT2D eigenvalue weighted by molar-refractivity contribution is 5.74. The lowest BCUT2D eigenvalue weighted by Crippen LogP contribution is -2.48. The van der Waals surface area contributed by atoms with E-state index in [1.165, 1.54) is 12.1 Å². The summed E-state index contributed by atoms with van der Waals surface area (Å²) in [5, 5.41) is 12.5. The highest BCUT2D eigenvalue weighted by atomic mass is 19.3. The first-order chi connectivity index (χ1) is 24.5. The van der Waals surface area contributed by atoms with Crippen molar-refractivity contribution in [3.63, 3.8) is 0 Å². The lowest BCUT2D eigenvalue weighted by Gasteiger charge is -2.35. The number of phenolic OH excluding ortho intramolecular Hbond substituents is 1. The van der Waals surface area contributed by atoms with Gasteiger partial charge in [-0.3, -0.25) is 9.59 Å². The molecule has 51 heavy (non-hydrogen) atoms. The number of halogens is 4. The zero-order valence-electron chi connectivity index (χ0n) is 28.9. The number of benzene rings is 3. The molecule has 0 atom stereocenters. The molecular weight excluding hydrogens is 672 g/mol. The van der Waals surface area contributed by atoms with Crippen molar-refractivity contribution in [1.29, 1.82) is 0 Å². The highest BCUT2D eigenvalue weighted by Gasteiger charge is 2.20. The smallest absolute Gasteiger partial charge is 0.387 e. The Labute approximate surface area is 295 Å². The Bertz CT molecular complexity index is 1480. The molecule has 0 radical (unpaired) electrons. The molecule has 3 aromatic rings. The van der Waals surface area contributed by atoms with Gasteiger partial charge >= 0.3 is 13.2 Å². The van der Waals surface area contributed by atoms with Crippen LogP contribution in [0.15, 0.2) is 72.8 Å². The van der Waals surface area contributed by atoms with Crippen LogP contribution >= 0.6 is 0 Å². The van der Waals surface area contributed by atoms with Crippen molar-refractivity contribution in [2.75, 3.05) is 93.2 Å². The molecule has 3 aliphatic rings. The molecule has 11 nitrogen and oxygen atoms in total. The minimum atomic E-state index is -2.80. The summed E-state index contributed by atoms with van der Waals surface area (Å²) in [5.74, 6) is 0.867. The van der Waals surface area contributed by atoms with E-state index < -0.39 is 13.2 Å². The van der Waals surface area contributed by atoms with Gasteiger partial charge in [-0.25, -0.2) is 0 Å². The Morgan fingerprint density at radius 1 is 0.549 bits per heavy atom. The summed E-state index contributed by atoms with van der Waals surface area (Å²) in [7, 11) is 0. The average molecular weight is 719 g/mol. The number of rotatable bonds is 7. The van der Waals surface area contributed by atoms with Gasteiger partial charge in [-0.05, 0) is 72.8 Å². The van der Waals surface area contributed by atoms with Crippen molar-refractivity contribution >= 4 is 28.9 Å². The fourth-order valence-corrected chi connectivity index (χ4v) is 5.82. The molecule has 3 saturated heterocycles. The largest absolute Gasteiger partial charge is 0.508 e. The number of nitrogens with one attached hydrogen (secondary N) is 1. The van der Waals surface area contributed by atoms with Crippen LogP contribution in [0.1, 0.15) is 13.8 Å². The van der Waals surface area contributed by atoms with Gasteiger partial charge in [-0.1, -0.05) is 0 Å². The Morgan fingerprint density at radius 2 is 0.863 bits per heavy atom. The number of hydrogen-bond donors (Lipinski definition) is 2. The summed E-state index contributed by atoms with van der Waals surface area (Å²) in [6.07, 6.45) is 0. The zero-order chi connectivity index (χ0) is 36.8. The van der Waals surface area contributed by atoms with Crippen LogP contribution in [0.5, 0.6) is 17.2 Å². The molecule has 3 heterocycles. The van der Waals surface area contributed by atoms with Crippen LogP contribution in [0, 0.1) is 0 Å². The third kappa shape index (κ3) is 12.7. The summed E-state index contributed by atoms with van der Waals surface area (Å²) in [6, 6.07) is 20.5. The predicted octanol–water partition coefficient (Wildman–Crippen LogP) is 4.71. The van der Waals surface area contributed by atoms with Crippen molar-refractivity contribution in [2.45, 2.75) is 27.1 Å². The van der Waals surface area contributed by atoms with Crippen molar-refractivity contribution < 1.29 is 41.7 Å². The lowest BCUT2D eigenvalue weighted by molar-refractivity contribution is -0.129. The fourth-order valence-electron chi connectivity index (χ4n) is 5.82. The van der Waals surface area contributed by atoms with Crippen LogP contribution in [0.25, 0.3) is 0 Å². The van der Waals surface area contributed by atoms with E-state index in [9.17, 15) is 32.3 Å². The number of phenols is 1. The SMILES string of the molecule is CC(=O)N1CCN(c2ccc(O)cc2)CC1.CC(=O)N1CCN(c2ccc(OC(F)F)cc2)CC1.FC(F)Oc1ccc(N2CCNCC2)cc1. The maximum Gasteiger partial charge on any atom is 0.387 e. The minimum absolute atomic E-state index is 0.0836. The minimum Gasteiger partial charge on any atom is -0.508 e. The standard InChI is InChI=1S/C13H16F2N2O2.C12H16N2O2.C11H14F2N2O/c1-10(18)16-6-8-17(9-7-16)11-2-4-12(5-3-11)19-13(14)15;1-10(15)13-6-8-14(9-7-13)11-2-4-12(16)5-3-11;12-11(13)16-10-3-1-9(2-4-10)15-7-5-14-6-8-15/h2-5,13H,6-9H2,1H3;2-5,16H,6-9H2,1H3;1-4,11,14H,5-8H2. The quantitative estimate of drug-likeness (QED) is 0.337. The highest BCUT2D eigenvalue weighted by Crippen LogP contribution is 2.23. The van der Waals surface area contributed by atoms with E-state index in [2.05, 4.69) is 29.5 Å². The number of aromatic hydroxyl groups is 1. The van der Waals surface area contributed by atoms with Crippen molar-refractivity contribution in [3.05, 3.63) is 72.8 Å². The molecule has 0 aromatic heterocycles. The van der Waals surface area contributed by atoms with E-state index >= 15 is 0 Å². The van der Waals surface area contributed by atoms with Gasteiger partial charge in [-0.15, -0.1) is 0 Å². The Balaban J connectivity index is 0.000000172. The van der Waals surface area contributed by atoms with Gasteiger partial charge in [0.05, 0.1) is 0 Å². The van der Waals surface area contributed by atoms with Crippen molar-refractivity contribution in [1.82, 2.24) is 15.1 Å². The fraction of sp³-hybridized carbons (Fsp3) is 0.444.